The van der Waals surface area contributed by atoms with E-state index in [1.807, 2.05) is 4.90 Å². The summed E-state index contributed by atoms with van der Waals surface area (Å²) >= 11 is 4.78. The first-order valence-electron chi connectivity index (χ1n) is 4.79. The summed E-state index contributed by atoms with van der Waals surface area (Å²) in [6.45, 7) is 2.37. The van der Waals surface area contributed by atoms with Crippen molar-refractivity contribution in [2.45, 2.75) is 38.3 Å². The fourth-order valence-corrected chi connectivity index (χ4v) is 1.57. The summed E-state index contributed by atoms with van der Waals surface area (Å²) < 4.78 is 0. The van der Waals surface area contributed by atoms with Gasteiger partial charge in [0.1, 0.15) is 6.04 Å². The van der Waals surface area contributed by atoms with Gasteiger partial charge >= 0.3 is 5.97 Å². The van der Waals surface area contributed by atoms with Gasteiger partial charge in [-0.15, -0.1) is 0 Å². The van der Waals surface area contributed by atoms with E-state index in [9.17, 15) is 4.79 Å². The third-order valence-electron chi connectivity index (χ3n) is 2.49. The molecular weight excluding hydrogens is 200 g/mol. The zero-order valence-electron chi connectivity index (χ0n) is 8.27. The number of aliphatic carboxylic acids is 1. The van der Waals surface area contributed by atoms with Gasteiger partial charge in [0.15, 0.2) is 0 Å². The molecule has 14 heavy (non-hydrogen) atoms. The summed E-state index contributed by atoms with van der Waals surface area (Å²) in [5.74, 6) is -0.778. The van der Waals surface area contributed by atoms with Crippen molar-refractivity contribution in [2.75, 3.05) is 6.54 Å². The quantitative estimate of drug-likeness (QED) is 0.636. The number of nitrogens with zero attached hydrogens (tertiary/aromatic N) is 1. The average molecular weight is 216 g/mol. The molecular formula is C9H16N2O2S. The number of hydrogen-bond donors (Lipinski definition) is 2. The van der Waals surface area contributed by atoms with Crippen molar-refractivity contribution in [3.63, 3.8) is 0 Å². The fraction of sp³-hybridized carbons (Fsp3) is 0.778. The molecule has 0 heterocycles. The summed E-state index contributed by atoms with van der Waals surface area (Å²) in [5, 5.41) is 8.89. The molecule has 0 spiro atoms. The summed E-state index contributed by atoms with van der Waals surface area (Å²) in [7, 11) is 0. The average Bonchev–Trinajstić information content (AvgIpc) is 2.87. The van der Waals surface area contributed by atoms with Gasteiger partial charge in [-0.3, -0.25) is 9.69 Å². The van der Waals surface area contributed by atoms with Gasteiger partial charge in [-0.2, -0.15) is 0 Å². The Morgan fingerprint density at radius 2 is 2.29 bits per heavy atom. The molecule has 5 heteroatoms. The lowest BCUT2D eigenvalue weighted by atomic mass is 10.2. The molecule has 0 aromatic heterocycles. The van der Waals surface area contributed by atoms with Crippen molar-refractivity contribution in [1.29, 1.82) is 0 Å². The van der Waals surface area contributed by atoms with Crippen LogP contribution in [0.2, 0.25) is 0 Å². The van der Waals surface area contributed by atoms with Crippen LogP contribution in [0.4, 0.5) is 0 Å². The van der Waals surface area contributed by atoms with Crippen LogP contribution in [0.5, 0.6) is 0 Å². The van der Waals surface area contributed by atoms with Crippen LogP contribution < -0.4 is 5.73 Å². The molecule has 4 nitrogen and oxygen atoms in total. The third-order valence-corrected chi connectivity index (χ3v) is 2.69. The summed E-state index contributed by atoms with van der Waals surface area (Å²) in [5.41, 5.74) is 5.39. The van der Waals surface area contributed by atoms with E-state index in [1.165, 1.54) is 0 Å². The standard InChI is InChI=1S/C9H16N2O2S/c1-6(9(12)13)11(7-2-3-7)5-4-8(10)14/h6-7H,2-5H2,1H3,(H2,10,14)(H,12,13). The van der Waals surface area contributed by atoms with Crippen LogP contribution in [0, 0.1) is 0 Å². The Morgan fingerprint density at radius 1 is 1.71 bits per heavy atom. The van der Waals surface area contributed by atoms with Crippen molar-refractivity contribution in [2.24, 2.45) is 5.73 Å². The predicted molar refractivity (Wildman–Crippen MR) is 58.2 cm³/mol. The summed E-state index contributed by atoms with van der Waals surface area (Å²) in [6.07, 6.45) is 2.79. The van der Waals surface area contributed by atoms with Crippen LogP contribution in [0.1, 0.15) is 26.2 Å². The van der Waals surface area contributed by atoms with E-state index in [1.54, 1.807) is 6.92 Å². The second-order valence-electron chi connectivity index (χ2n) is 3.70. The molecule has 0 aromatic carbocycles. The molecule has 3 N–H and O–H groups in total. The lowest BCUT2D eigenvalue weighted by Crippen LogP contribution is -2.42. The smallest absolute Gasteiger partial charge is 0.320 e. The van der Waals surface area contributed by atoms with E-state index in [0.29, 0.717) is 24.0 Å². The molecule has 0 radical (unpaired) electrons. The van der Waals surface area contributed by atoms with Gasteiger partial charge in [-0.1, -0.05) is 12.2 Å². The lowest BCUT2D eigenvalue weighted by molar-refractivity contribution is -0.142. The number of carboxylic acids is 1. The van der Waals surface area contributed by atoms with E-state index < -0.39 is 12.0 Å². The van der Waals surface area contributed by atoms with E-state index in [-0.39, 0.29) is 0 Å². The maximum absolute atomic E-state index is 10.8. The minimum atomic E-state index is -0.778. The molecule has 1 aliphatic carbocycles. The van der Waals surface area contributed by atoms with Gasteiger partial charge < -0.3 is 10.8 Å². The first-order chi connectivity index (χ1) is 6.52. The molecule has 0 aromatic rings. The van der Waals surface area contributed by atoms with Crippen LogP contribution in [0.15, 0.2) is 0 Å². The highest BCUT2D eigenvalue weighted by Gasteiger charge is 2.34. The Kier molecular flexibility index (Phi) is 3.83. The van der Waals surface area contributed by atoms with E-state index >= 15 is 0 Å². The SMILES string of the molecule is CC(C(=O)O)N(CCC(N)=S)C1CC1. The number of carboxylic acid groups (broad SMARTS) is 1. The van der Waals surface area contributed by atoms with Crippen LogP contribution in [-0.4, -0.2) is 39.6 Å². The van der Waals surface area contributed by atoms with Gasteiger partial charge in [0, 0.05) is 19.0 Å². The Bertz CT molecular complexity index is 241. The zero-order chi connectivity index (χ0) is 10.7. The van der Waals surface area contributed by atoms with E-state index in [4.69, 9.17) is 23.1 Å². The highest BCUT2D eigenvalue weighted by molar-refractivity contribution is 7.80. The van der Waals surface area contributed by atoms with Gasteiger partial charge in [-0.05, 0) is 19.8 Å². The highest BCUT2D eigenvalue weighted by atomic mass is 32.1. The topological polar surface area (TPSA) is 66.6 Å². The molecule has 1 aliphatic rings. The maximum Gasteiger partial charge on any atom is 0.320 e. The molecule has 0 saturated heterocycles. The number of thiocarbonyl (C=S) groups is 1. The minimum absolute atomic E-state index is 0.426. The number of rotatable bonds is 6. The monoisotopic (exact) mass is 216 g/mol. The maximum atomic E-state index is 10.8. The highest BCUT2D eigenvalue weighted by Crippen LogP contribution is 2.28. The summed E-state index contributed by atoms with van der Waals surface area (Å²) in [6, 6.07) is -0.00713. The number of hydrogen-bond acceptors (Lipinski definition) is 3. The molecule has 1 unspecified atom stereocenters. The first-order valence-corrected chi connectivity index (χ1v) is 5.20. The van der Waals surface area contributed by atoms with Gasteiger partial charge in [0.05, 0.1) is 4.99 Å². The fourth-order valence-electron chi connectivity index (χ4n) is 1.48. The van der Waals surface area contributed by atoms with Crippen LogP contribution in [0.25, 0.3) is 0 Å². The molecule has 80 valence electrons. The second kappa shape index (κ2) is 4.70. The molecule has 1 fully saturated rings. The summed E-state index contributed by atoms with van der Waals surface area (Å²) in [4.78, 5) is 13.2. The zero-order valence-corrected chi connectivity index (χ0v) is 9.09. The van der Waals surface area contributed by atoms with Crippen molar-refractivity contribution in [3.05, 3.63) is 0 Å². The first kappa shape index (κ1) is 11.4. The van der Waals surface area contributed by atoms with Crippen molar-refractivity contribution in [1.82, 2.24) is 4.90 Å². The predicted octanol–water partition coefficient (Wildman–Crippen LogP) is 0.600. The Balaban J connectivity index is 2.46. The normalized spacial score (nSPS) is 18.1. The van der Waals surface area contributed by atoms with Crippen molar-refractivity contribution in [3.8, 4) is 0 Å². The molecule has 0 aliphatic heterocycles. The van der Waals surface area contributed by atoms with Crippen LogP contribution >= 0.6 is 12.2 Å². The molecule has 0 amide bonds. The van der Waals surface area contributed by atoms with Crippen molar-refractivity contribution < 1.29 is 9.90 Å². The Hall–Kier alpha value is -0.680. The molecule has 0 bridgehead atoms. The minimum Gasteiger partial charge on any atom is -0.480 e. The lowest BCUT2D eigenvalue weighted by Gasteiger charge is -2.25. The van der Waals surface area contributed by atoms with Gasteiger partial charge in [-0.25, -0.2) is 0 Å². The third kappa shape index (κ3) is 3.23. The second-order valence-corrected chi connectivity index (χ2v) is 4.22. The number of carbonyl (C=O) groups is 1. The molecule has 1 atom stereocenters. The van der Waals surface area contributed by atoms with Crippen molar-refractivity contribution >= 4 is 23.2 Å². The molecule has 1 saturated carbocycles. The van der Waals surface area contributed by atoms with Gasteiger partial charge in [0.25, 0.3) is 0 Å². The number of nitrogens with two attached hydrogens (primary N) is 1. The van der Waals surface area contributed by atoms with E-state index in [2.05, 4.69) is 0 Å². The Morgan fingerprint density at radius 3 is 2.64 bits per heavy atom. The van der Waals surface area contributed by atoms with Crippen LogP contribution in [0.3, 0.4) is 0 Å². The molecule has 1 rings (SSSR count). The Labute approximate surface area is 89.1 Å². The van der Waals surface area contributed by atoms with Crippen LogP contribution in [-0.2, 0) is 4.79 Å². The van der Waals surface area contributed by atoms with E-state index in [0.717, 1.165) is 12.8 Å². The van der Waals surface area contributed by atoms with Gasteiger partial charge in [0.2, 0.25) is 0 Å². The largest absolute Gasteiger partial charge is 0.480 e.